The van der Waals surface area contributed by atoms with Crippen LogP contribution in [0.15, 0.2) is 0 Å². The van der Waals surface area contributed by atoms with E-state index in [0.29, 0.717) is 6.29 Å². The predicted molar refractivity (Wildman–Crippen MR) is 107 cm³/mol. The van der Waals surface area contributed by atoms with Gasteiger partial charge in [0.05, 0.1) is 25.0 Å². The molecule has 0 aliphatic heterocycles. The van der Waals surface area contributed by atoms with Crippen LogP contribution in [-0.2, 0) is 33.5 Å². The molecular formula is C19H33N3O8. The number of hydrogen-bond acceptors (Lipinski definition) is 8. The molecule has 11 heteroatoms. The number of Topliss-reactive ketones (excluding diaryl/α,β-unsaturated/α-hetero) is 2. The first-order valence-electron chi connectivity index (χ1n) is 9.25. The maximum absolute atomic E-state index is 12.3. The van der Waals surface area contributed by atoms with Gasteiger partial charge >= 0.3 is 5.97 Å². The van der Waals surface area contributed by atoms with Crippen molar-refractivity contribution in [3.05, 3.63) is 0 Å². The molecule has 0 aliphatic rings. The van der Waals surface area contributed by atoms with Crippen molar-refractivity contribution in [3.63, 3.8) is 0 Å². The Morgan fingerprint density at radius 1 is 1.17 bits per heavy atom. The van der Waals surface area contributed by atoms with Gasteiger partial charge in [0.25, 0.3) is 0 Å². The fraction of sp³-hybridized carbons (Fsp3) is 0.684. The van der Waals surface area contributed by atoms with Crippen LogP contribution in [0.1, 0.15) is 52.9 Å². The second-order valence-electron chi connectivity index (χ2n) is 6.53. The lowest BCUT2D eigenvalue weighted by Crippen LogP contribution is -2.47. The lowest BCUT2D eigenvalue weighted by Gasteiger charge is -2.20. The lowest BCUT2D eigenvalue weighted by molar-refractivity contribution is -0.142. The molecule has 11 nitrogen and oxygen atoms in total. The molecule has 2 amide bonds. The third-order valence-corrected chi connectivity index (χ3v) is 4.10. The van der Waals surface area contributed by atoms with E-state index in [4.69, 9.17) is 21.3 Å². The molecule has 0 aromatic carbocycles. The van der Waals surface area contributed by atoms with Crippen LogP contribution in [0.3, 0.4) is 0 Å². The molecule has 30 heavy (non-hydrogen) atoms. The summed E-state index contributed by atoms with van der Waals surface area (Å²) in [6.07, 6.45) is -0.0485. The van der Waals surface area contributed by atoms with Gasteiger partial charge in [0.2, 0.25) is 11.8 Å². The van der Waals surface area contributed by atoms with E-state index in [-0.39, 0.29) is 52.1 Å². The first kappa shape index (κ1) is 29.5. The summed E-state index contributed by atoms with van der Waals surface area (Å²) in [4.78, 5) is 68.6. The Hall–Kier alpha value is -2.66. The van der Waals surface area contributed by atoms with E-state index in [0.717, 1.165) is 0 Å². The number of carboxylic acid groups (broad SMARTS) is 1. The number of carboxylic acids is 1. The van der Waals surface area contributed by atoms with E-state index >= 15 is 0 Å². The summed E-state index contributed by atoms with van der Waals surface area (Å²) >= 11 is 0. The van der Waals surface area contributed by atoms with Gasteiger partial charge in [0, 0.05) is 19.3 Å². The van der Waals surface area contributed by atoms with Gasteiger partial charge in [-0.05, 0) is 12.8 Å². The third-order valence-electron chi connectivity index (χ3n) is 4.10. The second-order valence-corrected chi connectivity index (χ2v) is 6.53. The number of amides is 2. The van der Waals surface area contributed by atoms with Crippen LogP contribution in [0, 0.1) is 5.92 Å². The fourth-order valence-corrected chi connectivity index (χ4v) is 2.39. The van der Waals surface area contributed by atoms with Crippen LogP contribution in [0.25, 0.3) is 0 Å². The van der Waals surface area contributed by atoms with Gasteiger partial charge in [-0.1, -0.05) is 14.4 Å². The molecule has 0 fully saturated rings. The second kappa shape index (κ2) is 16.2. The number of nitrogens with one attached hydrogen (secondary N) is 1. The van der Waals surface area contributed by atoms with Crippen LogP contribution < -0.4 is 16.8 Å². The molecule has 0 saturated heterocycles. The molecular weight excluding hydrogens is 398 g/mol. The molecule has 3 atom stereocenters. The topological polar surface area (TPSA) is 196 Å². The maximum atomic E-state index is 12.3. The normalized spacial score (nSPS) is 13.3. The molecule has 0 aliphatic carbocycles. The number of rotatable bonds is 17. The minimum absolute atomic E-state index is 0. The average molecular weight is 431 g/mol. The van der Waals surface area contributed by atoms with Crippen molar-refractivity contribution in [3.8, 4) is 0 Å². The summed E-state index contributed by atoms with van der Waals surface area (Å²) in [6.45, 7) is 1.53. The Morgan fingerprint density at radius 3 is 2.30 bits per heavy atom. The average Bonchev–Trinajstić information content (AvgIpc) is 2.65. The van der Waals surface area contributed by atoms with Crippen LogP contribution >= 0.6 is 0 Å². The van der Waals surface area contributed by atoms with Crippen molar-refractivity contribution in [1.82, 2.24) is 5.32 Å². The van der Waals surface area contributed by atoms with Gasteiger partial charge in [-0.15, -0.1) is 0 Å². The van der Waals surface area contributed by atoms with Gasteiger partial charge in [-0.2, -0.15) is 0 Å². The molecule has 0 unspecified atom stereocenters. The van der Waals surface area contributed by atoms with Crippen molar-refractivity contribution < 1.29 is 38.6 Å². The van der Waals surface area contributed by atoms with E-state index in [1.54, 1.807) is 6.92 Å². The molecule has 0 saturated carbocycles. The Bertz CT molecular complexity index is 609. The largest absolute Gasteiger partial charge is 0.481 e. The van der Waals surface area contributed by atoms with E-state index in [2.05, 4.69) is 5.32 Å². The number of hydrogen-bond donors (Lipinski definition) is 4. The number of carbonyl (C=O) groups excluding carboxylic acids is 5. The highest BCUT2D eigenvalue weighted by Crippen LogP contribution is 2.13. The number of aldehydes is 1. The number of ether oxygens (including phenoxy) is 1. The standard InChI is InChI=1S/C18H29N3O8.CH4/c1-2-14(17(20)27)21-18(28)11(9-16(25)26)8-15(24)13(19)5-4-12(23)10-29-7-3-6-22;/h6,11,13-14H,2-5,7-10,19H2,1H3,(H2,20,27)(H,21,28)(H,25,26);1H4/t11-,13-,14-;/m0./s1. The predicted octanol–water partition coefficient (Wildman–Crippen LogP) is -0.665. The molecule has 0 aromatic rings. The number of nitrogens with two attached hydrogens (primary N) is 2. The van der Waals surface area contributed by atoms with Gasteiger partial charge in [-0.3, -0.25) is 24.0 Å². The SMILES string of the molecule is C.CC[C@H](NC(=O)[C@H](CC(=O)O)CC(=O)[C@@H](N)CCC(=O)COCCC=O)C(N)=O. The summed E-state index contributed by atoms with van der Waals surface area (Å²) in [5.41, 5.74) is 10.9. The minimum atomic E-state index is -1.29. The zero-order chi connectivity index (χ0) is 22.4. The monoisotopic (exact) mass is 431 g/mol. The Morgan fingerprint density at radius 2 is 1.80 bits per heavy atom. The highest BCUT2D eigenvalue weighted by atomic mass is 16.5. The van der Waals surface area contributed by atoms with Gasteiger partial charge in [-0.25, -0.2) is 0 Å². The Labute approximate surface area is 175 Å². The molecule has 0 bridgehead atoms. The molecule has 6 N–H and O–H groups in total. The Balaban J connectivity index is 0. The van der Waals surface area contributed by atoms with Crippen molar-refractivity contribution in [2.24, 2.45) is 17.4 Å². The minimum Gasteiger partial charge on any atom is -0.481 e. The zero-order valence-corrected chi connectivity index (χ0v) is 16.4. The van der Waals surface area contributed by atoms with E-state index in [1.165, 1.54) is 0 Å². The molecule has 0 spiro atoms. The number of aliphatic carboxylic acids is 1. The zero-order valence-electron chi connectivity index (χ0n) is 16.4. The first-order chi connectivity index (χ1) is 13.6. The molecule has 0 rings (SSSR count). The van der Waals surface area contributed by atoms with Crippen molar-refractivity contribution >= 4 is 35.6 Å². The highest BCUT2D eigenvalue weighted by Gasteiger charge is 2.29. The molecule has 172 valence electrons. The van der Waals surface area contributed by atoms with Gasteiger partial charge < -0.3 is 31.4 Å². The van der Waals surface area contributed by atoms with Crippen LogP contribution in [0.5, 0.6) is 0 Å². The fourth-order valence-electron chi connectivity index (χ4n) is 2.39. The summed E-state index contributed by atoms with van der Waals surface area (Å²) in [7, 11) is 0. The smallest absolute Gasteiger partial charge is 0.304 e. The summed E-state index contributed by atoms with van der Waals surface area (Å²) in [5.74, 6) is -4.94. The Kier molecular flexibility index (Phi) is 15.9. The number of primary amides is 1. The lowest BCUT2D eigenvalue weighted by atomic mass is 9.92. The third kappa shape index (κ3) is 12.7. The molecule has 0 aromatic heterocycles. The van der Waals surface area contributed by atoms with E-state index < -0.39 is 54.4 Å². The quantitative estimate of drug-likeness (QED) is 0.170. The molecule has 0 heterocycles. The highest BCUT2D eigenvalue weighted by molar-refractivity contribution is 5.93. The van der Waals surface area contributed by atoms with E-state index in [9.17, 15) is 28.8 Å². The van der Waals surface area contributed by atoms with Crippen LogP contribution in [-0.4, -0.2) is 66.0 Å². The number of ketones is 2. The molecule has 0 radical (unpaired) electrons. The summed E-state index contributed by atoms with van der Waals surface area (Å²) in [6, 6.07) is -2.03. The number of carbonyl (C=O) groups is 6. The van der Waals surface area contributed by atoms with Gasteiger partial charge in [0.1, 0.15) is 24.7 Å². The van der Waals surface area contributed by atoms with Crippen molar-refractivity contribution in [2.75, 3.05) is 13.2 Å². The van der Waals surface area contributed by atoms with Crippen LogP contribution in [0.2, 0.25) is 0 Å². The van der Waals surface area contributed by atoms with Crippen LogP contribution in [0.4, 0.5) is 0 Å². The summed E-state index contributed by atoms with van der Waals surface area (Å²) in [5, 5.41) is 11.3. The van der Waals surface area contributed by atoms with Gasteiger partial charge in [0.15, 0.2) is 5.78 Å². The van der Waals surface area contributed by atoms with Crippen molar-refractivity contribution in [1.29, 1.82) is 0 Å². The maximum Gasteiger partial charge on any atom is 0.304 e. The van der Waals surface area contributed by atoms with Crippen molar-refractivity contribution in [2.45, 2.75) is 65.0 Å². The first-order valence-corrected chi connectivity index (χ1v) is 9.25. The summed E-state index contributed by atoms with van der Waals surface area (Å²) < 4.78 is 4.97. The van der Waals surface area contributed by atoms with E-state index in [1.807, 2.05) is 0 Å².